The largest absolute Gasteiger partial charge is 0.447 e. The van der Waals surface area contributed by atoms with E-state index < -0.39 is 35.6 Å². The Hall–Kier alpha value is -2.53. The molecule has 2 amide bonds. The Bertz CT molecular complexity index is 756. The third kappa shape index (κ3) is 4.08. The molecule has 27 heavy (non-hydrogen) atoms. The number of nitrogens with one attached hydrogen (secondary N) is 2. The Morgan fingerprint density at radius 1 is 1.26 bits per heavy atom. The van der Waals surface area contributed by atoms with Crippen LogP contribution in [0.2, 0.25) is 0 Å². The highest BCUT2D eigenvalue weighted by Gasteiger charge is 2.35. The smallest absolute Gasteiger partial charge is 0.414 e. The summed E-state index contributed by atoms with van der Waals surface area (Å²) in [6, 6.07) is 1.99. The number of benzene rings is 1. The van der Waals surface area contributed by atoms with E-state index in [0.29, 0.717) is 11.5 Å². The molecule has 11 heteroatoms. The van der Waals surface area contributed by atoms with Gasteiger partial charge in [0.1, 0.15) is 18.4 Å². The van der Waals surface area contributed by atoms with E-state index >= 15 is 0 Å². The SMILES string of the molecule is CNCC(=S)NC[C@H]1CN(c2cc(F)c(N3CCOC3=O)c(F)c2)C(=O)O1. The van der Waals surface area contributed by atoms with Gasteiger partial charge in [-0.1, -0.05) is 12.2 Å². The van der Waals surface area contributed by atoms with Crippen molar-refractivity contribution in [1.29, 1.82) is 0 Å². The zero-order chi connectivity index (χ0) is 19.6. The molecule has 1 aromatic carbocycles. The second kappa shape index (κ2) is 8.01. The van der Waals surface area contributed by atoms with Crippen molar-refractivity contribution in [3.8, 4) is 0 Å². The molecule has 2 aliphatic rings. The first-order chi connectivity index (χ1) is 12.9. The summed E-state index contributed by atoms with van der Waals surface area (Å²) in [6.07, 6.45) is -2.05. The van der Waals surface area contributed by atoms with Crippen molar-refractivity contribution in [3.63, 3.8) is 0 Å². The number of halogens is 2. The molecule has 2 aliphatic heterocycles. The minimum atomic E-state index is -0.964. The van der Waals surface area contributed by atoms with E-state index in [0.717, 1.165) is 21.9 Å². The van der Waals surface area contributed by atoms with Crippen molar-refractivity contribution in [2.75, 3.05) is 49.6 Å². The molecule has 0 radical (unpaired) electrons. The number of amides is 2. The highest BCUT2D eigenvalue weighted by atomic mass is 32.1. The van der Waals surface area contributed by atoms with Crippen LogP contribution in [0.4, 0.5) is 29.7 Å². The standard InChI is InChI=1S/C16H18F2N4O4S/c1-19-7-13(27)20-6-10-8-22(16(24)26-10)9-4-11(17)14(12(18)5-9)21-2-3-25-15(21)23/h4-5,10,19H,2-3,6-8H2,1H3,(H,20,27)/t10-/m0/s1. The summed E-state index contributed by atoms with van der Waals surface area (Å²) in [7, 11) is 1.75. The van der Waals surface area contributed by atoms with Crippen LogP contribution in [0.3, 0.4) is 0 Å². The third-order valence-electron chi connectivity index (χ3n) is 4.08. The molecule has 0 saturated carbocycles. The lowest BCUT2D eigenvalue weighted by atomic mass is 10.2. The monoisotopic (exact) mass is 400 g/mol. The van der Waals surface area contributed by atoms with Crippen LogP contribution in [0, 0.1) is 11.6 Å². The molecular formula is C16H18F2N4O4S. The summed E-state index contributed by atoms with van der Waals surface area (Å²) in [4.78, 5) is 26.2. The molecule has 1 atom stereocenters. The maximum absolute atomic E-state index is 14.4. The van der Waals surface area contributed by atoms with Gasteiger partial charge in [0, 0.05) is 18.7 Å². The number of cyclic esters (lactones) is 2. The van der Waals surface area contributed by atoms with Gasteiger partial charge in [-0.05, 0) is 7.05 Å². The maximum Gasteiger partial charge on any atom is 0.414 e. The summed E-state index contributed by atoms with van der Waals surface area (Å²) >= 11 is 5.08. The molecule has 0 bridgehead atoms. The van der Waals surface area contributed by atoms with E-state index in [2.05, 4.69) is 10.6 Å². The van der Waals surface area contributed by atoms with Crippen molar-refractivity contribution >= 4 is 40.8 Å². The lowest BCUT2D eigenvalue weighted by Crippen LogP contribution is -2.37. The molecule has 0 spiro atoms. The van der Waals surface area contributed by atoms with Gasteiger partial charge in [0.15, 0.2) is 11.6 Å². The van der Waals surface area contributed by atoms with Gasteiger partial charge in [-0.3, -0.25) is 9.80 Å². The number of carbonyl (C=O) groups is 2. The van der Waals surface area contributed by atoms with Crippen molar-refractivity contribution in [2.24, 2.45) is 0 Å². The van der Waals surface area contributed by atoms with E-state index in [9.17, 15) is 18.4 Å². The normalized spacial score (nSPS) is 19.3. The van der Waals surface area contributed by atoms with Gasteiger partial charge < -0.3 is 20.1 Å². The Balaban J connectivity index is 1.72. The second-order valence-corrected chi connectivity index (χ2v) is 6.47. The van der Waals surface area contributed by atoms with Gasteiger partial charge in [0.05, 0.1) is 30.3 Å². The zero-order valence-corrected chi connectivity index (χ0v) is 15.3. The minimum absolute atomic E-state index is 0.00613. The maximum atomic E-state index is 14.4. The number of hydrogen-bond donors (Lipinski definition) is 2. The van der Waals surface area contributed by atoms with Crippen LogP contribution in [-0.4, -0.2) is 63.1 Å². The molecule has 0 unspecified atom stereocenters. The van der Waals surface area contributed by atoms with E-state index in [1.54, 1.807) is 7.05 Å². The predicted octanol–water partition coefficient (Wildman–Crippen LogP) is 1.38. The Morgan fingerprint density at radius 2 is 1.96 bits per heavy atom. The van der Waals surface area contributed by atoms with E-state index in [-0.39, 0.29) is 31.9 Å². The van der Waals surface area contributed by atoms with Crippen LogP contribution in [-0.2, 0) is 9.47 Å². The lowest BCUT2D eigenvalue weighted by Gasteiger charge is -2.18. The number of anilines is 2. The molecule has 0 aromatic heterocycles. The number of thiocarbonyl (C=S) groups is 1. The van der Waals surface area contributed by atoms with Crippen molar-refractivity contribution < 1.29 is 27.8 Å². The van der Waals surface area contributed by atoms with E-state index in [1.165, 1.54) is 0 Å². The fourth-order valence-corrected chi connectivity index (χ4v) is 3.08. The Labute approximate surface area is 159 Å². The number of ether oxygens (including phenoxy) is 2. The Kier molecular flexibility index (Phi) is 5.71. The van der Waals surface area contributed by atoms with Crippen LogP contribution in [0.25, 0.3) is 0 Å². The number of rotatable bonds is 6. The molecule has 2 heterocycles. The zero-order valence-electron chi connectivity index (χ0n) is 14.5. The summed E-state index contributed by atoms with van der Waals surface area (Å²) in [6.45, 7) is 0.986. The van der Waals surface area contributed by atoms with Gasteiger partial charge in [-0.25, -0.2) is 18.4 Å². The lowest BCUT2D eigenvalue weighted by molar-refractivity contribution is 0.143. The highest BCUT2D eigenvalue weighted by molar-refractivity contribution is 7.80. The fourth-order valence-electron chi connectivity index (χ4n) is 2.85. The molecule has 0 aliphatic carbocycles. The molecular weight excluding hydrogens is 382 g/mol. The van der Waals surface area contributed by atoms with Gasteiger partial charge in [-0.15, -0.1) is 0 Å². The fraction of sp³-hybridized carbons (Fsp3) is 0.438. The molecule has 1 aromatic rings. The van der Waals surface area contributed by atoms with E-state index in [1.807, 2.05) is 0 Å². The van der Waals surface area contributed by atoms with Gasteiger partial charge >= 0.3 is 12.2 Å². The van der Waals surface area contributed by atoms with Crippen LogP contribution >= 0.6 is 12.2 Å². The average molecular weight is 400 g/mol. The van der Waals surface area contributed by atoms with Gasteiger partial charge in [0.25, 0.3) is 0 Å². The summed E-state index contributed by atoms with van der Waals surface area (Å²) in [5.74, 6) is -1.93. The summed E-state index contributed by atoms with van der Waals surface area (Å²) in [5, 5.41) is 5.84. The summed E-state index contributed by atoms with van der Waals surface area (Å²) in [5.41, 5.74) is -0.490. The minimum Gasteiger partial charge on any atom is -0.447 e. The number of likely N-dealkylation sites (N-methyl/N-ethyl adjacent to an activating group) is 1. The van der Waals surface area contributed by atoms with Crippen LogP contribution in [0.1, 0.15) is 0 Å². The molecule has 2 N–H and O–H groups in total. The first-order valence-corrected chi connectivity index (χ1v) is 8.64. The molecule has 2 saturated heterocycles. The van der Waals surface area contributed by atoms with Crippen molar-refractivity contribution in [2.45, 2.75) is 6.10 Å². The number of nitrogens with zero attached hydrogens (tertiary/aromatic N) is 2. The average Bonchev–Trinajstić information content (AvgIpc) is 3.19. The topological polar surface area (TPSA) is 83.1 Å². The van der Waals surface area contributed by atoms with Crippen LogP contribution in [0.5, 0.6) is 0 Å². The van der Waals surface area contributed by atoms with Crippen LogP contribution in [0.15, 0.2) is 12.1 Å². The first-order valence-electron chi connectivity index (χ1n) is 8.23. The third-order valence-corrected chi connectivity index (χ3v) is 4.37. The van der Waals surface area contributed by atoms with Crippen molar-refractivity contribution in [3.05, 3.63) is 23.8 Å². The second-order valence-electron chi connectivity index (χ2n) is 5.97. The summed E-state index contributed by atoms with van der Waals surface area (Å²) < 4.78 is 38.8. The van der Waals surface area contributed by atoms with Crippen LogP contribution < -0.4 is 20.4 Å². The first kappa shape index (κ1) is 19.2. The molecule has 8 nitrogen and oxygen atoms in total. The predicted molar refractivity (Wildman–Crippen MR) is 97.2 cm³/mol. The quantitative estimate of drug-likeness (QED) is 0.698. The van der Waals surface area contributed by atoms with Crippen molar-refractivity contribution in [1.82, 2.24) is 10.6 Å². The Morgan fingerprint density at radius 3 is 2.56 bits per heavy atom. The van der Waals surface area contributed by atoms with Gasteiger partial charge in [-0.2, -0.15) is 0 Å². The molecule has 3 rings (SSSR count). The molecule has 146 valence electrons. The number of carbonyl (C=O) groups excluding carboxylic acids is 2. The number of hydrogen-bond acceptors (Lipinski definition) is 6. The van der Waals surface area contributed by atoms with E-state index in [4.69, 9.17) is 21.7 Å². The van der Waals surface area contributed by atoms with Gasteiger partial charge in [0.2, 0.25) is 0 Å². The molecule has 2 fully saturated rings. The highest BCUT2D eigenvalue weighted by Crippen LogP contribution is 2.32.